The van der Waals surface area contributed by atoms with E-state index in [1.54, 1.807) is 18.2 Å². The molecule has 0 aliphatic carbocycles. The summed E-state index contributed by atoms with van der Waals surface area (Å²) >= 11 is 0. The van der Waals surface area contributed by atoms with Crippen LogP contribution in [0.5, 0.6) is 0 Å². The van der Waals surface area contributed by atoms with Gasteiger partial charge >= 0.3 is 0 Å². The van der Waals surface area contributed by atoms with E-state index in [0.717, 1.165) is 6.54 Å². The predicted molar refractivity (Wildman–Crippen MR) is 90.7 cm³/mol. The van der Waals surface area contributed by atoms with E-state index in [0.29, 0.717) is 24.6 Å². The maximum absolute atomic E-state index is 13.5. The average molecular weight is 335 g/mol. The first-order chi connectivity index (χ1) is 11.4. The third kappa shape index (κ3) is 4.77. The Morgan fingerprint density at radius 3 is 2.71 bits per heavy atom. The first-order valence-corrected chi connectivity index (χ1v) is 8.41. The fourth-order valence-corrected chi connectivity index (χ4v) is 2.89. The molecule has 0 aromatic heterocycles. The second kappa shape index (κ2) is 8.24. The summed E-state index contributed by atoms with van der Waals surface area (Å²) in [7, 11) is 0. The van der Waals surface area contributed by atoms with Gasteiger partial charge in [0.25, 0.3) is 0 Å². The van der Waals surface area contributed by atoms with Crippen molar-refractivity contribution < 1.29 is 14.0 Å². The van der Waals surface area contributed by atoms with Gasteiger partial charge in [0.2, 0.25) is 11.8 Å². The predicted octanol–water partition coefficient (Wildman–Crippen LogP) is 1.63. The number of rotatable bonds is 6. The molecule has 2 amide bonds. The minimum absolute atomic E-state index is 0.0665. The highest BCUT2D eigenvalue weighted by atomic mass is 19.1. The molecule has 1 aliphatic heterocycles. The van der Waals surface area contributed by atoms with E-state index < -0.39 is 0 Å². The van der Waals surface area contributed by atoms with Crippen LogP contribution in [0, 0.1) is 11.7 Å². The van der Waals surface area contributed by atoms with Crippen LogP contribution in [0.4, 0.5) is 4.39 Å². The molecular weight excluding hydrogens is 309 g/mol. The monoisotopic (exact) mass is 335 g/mol. The molecule has 0 saturated carbocycles. The lowest BCUT2D eigenvalue weighted by Gasteiger charge is -2.39. The van der Waals surface area contributed by atoms with Gasteiger partial charge in [-0.2, -0.15) is 0 Å². The number of hydrogen-bond donors (Lipinski definition) is 1. The highest BCUT2D eigenvalue weighted by molar-refractivity contribution is 5.84. The number of benzene rings is 1. The van der Waals surface area contributed by atoms with Crippen molar-refractivity contribution in [3.05, 3.63) is 35.6 Å². The number of nitrogens with one attached hydrogen (secondary N) is 1. The van der Waals surface area contributed by atoms with Gasteiger partial charge in [-0.05, 0) is 18.9 Å². The zero-order chi connectivity index (χ0) is 17.7. The Labute approximate surface area is 142 Å². The number of amides is 2. The Bertz CT molecular complexity index is 591. The lowest BCUT2D eigenvalue weighted by atomic mass is 10.1. The smallest absolute Gasteiger partial charge is 0.239 e. The number of halogens is 1. The van der Waals surface area contributed by atoms with Crippen molar-refractivity contribution in [3.63, 3.8) is 0 Å². The van der Waals surface area contributed by atoms with Crippen LogP contribution in [0.2, 0.25) is 0 Å². The van der Waals surface area contributed by atoms with Gasteiger partial charge in [-0.3, -0.25) is 14.5 Å². The van der Waals surface area contributed by atoms with E-state index in [2.05, 4.69) is 19.2 Å². The lowest BCUT2D eigenvalue weighted by molar-refractivity contribution is -0.142. The molecule has 1 atom stereocenters. The summed E-state index contributed by atoms with van der Waals surface area (Å²) in [6.07, 6.45) is 0. The van der Waals surface area contributed by atoms with Crippen molar-refractivity contribution in [1.82, 2.24) is 15.1 Å². The molecule has 0 bridgehead atoms. The Morgan fingerprint density at radius 1 is 1.33 bits per heavy atom. The van der Waals surface area contributed by atoms with Crippen molar-refractivity contribution in [1.29, 1.82) is 0 Å². The van der Waals surface area contributed by atoms with Crippen molar-refractivity contribution in [2.45, 2.75) is 33.4 Å². The summed E-state index contributed by atoms with van der Waals surface area (Å²) in [5.74, 6) is -0.0347. The molecule has 6 heteroatoms. The molecule has 1 fully saturated rings. The standard InChI is InChI=1S/C18H26FN3O2/c1-13(2)11-22-9-8-21(14(3)18(22)24)12-17(23)20-10-15-6-4-5-7-16(15)19/h4-7,13-14H,8-12H2,1-3H3,(H,20,23)/t14-/m0/s1. The number of piperazine rings is 1. The quantitative estimate of drug-likeness (QED) is 0.860. The van der Waals surface area contributed by atoms with Crippen LogP contribution in [0.25, 0.3) is 0 Å². The highest BCUT2D eigenvalue weighted by Crippen LogP contribution is 2.13. The summed E-state index contributed by atoms with van der Waals surface area (Å²) < 4.78 is 13.5. The SMILES string of the molecule is CC(C)CN1CCN(CC(=O)NCc2ccccc2F)[C@@H](C)C1=O. The van der Waals surface area contributed by atoms with Gasteiger partial charge in [-0.1, -0.05) is 32.0 Å². The molecule has 1 heterocycles. The molecule has 2 rings (SSSR count). The number of hydrogen-bond acceptors (Lipinski definition) is 3. The third-order valence-electron chi connectivity index (χ3n) is 4.24. The Kier molecular flexibility index (Phi) is 6.31. The molecule has 5 nitrogen and oxygen atoms in total. The molecule has 132 valence electrons. The maximum atomic E-state index is 13.5. The Morgan fingerprint density at radius 2 is 2.04 bits per heavy atom. The van der Waals surface area contributed by atoms with Crippen LogP contribution in [-0.2, 0) is 16.1 Å². The van der Waals surface area contributed by atoms with Gasteiger partial charge < -0.3 is 10.2 Å². The van der Waals surface area contributed by atoms with E-state index in [4.69, 9.17) is 0 Å². The summed E-state index contributed by atoms with van der Waals surface area (Å²) in [5, 5.41) is 2.72. The molecular formula is C18H26FN3O2. The number of carbonyl (C=O) groups excluding carboxylic acids is 2. The highest BCUT2D eigenvalue weighted by Gasteiger charge is 2.32. The first kappa shape index (κ1) is 18.4. The maximum Gasteiger partial charge on any atom is 0.239 e. The van der Waals surface area contributed by atoms with Gasteiger partial charge in [0.05, 0.1) is 12.6 Å². The van der Waals surface area contributed by atoms with Crippen molar-refractivity contribution in [3.8, 4) is 0 Å². The van der Waals surface area contributed by atoms with Gasteiger partial charge in [0, 0.05) is 31.7 Å². The van der Waals surface area contributed by atoms with Crippen LogP contribution >= 0.6 is 0 Å². The van der Waals surface area contributed by atoms with Gasteiger partial charge in [-0.15, -0.1) is 0 Å². The minimum Gasteiger partial charge on any atom is -0.351 e. The third-order valence-corrected chi connectivity index (χ3v) is 4.24. The second-order valence-electron chi connectivity index (χ2n) is 6.69. The van der Waals surface area contributed by atoms with Gasteiger partial charge in [-0.25, -0.2) is 4.39 Å². The molecule has 1 aliphatic rings. The van der Waals surface area contributed by atoms with Crippen LogP contribution in [0.1, 0.15) is 26.3 Å². The van der Waals surface area contributed by atoms with E-state index >= 15 is 0 Å². The zero-order valence-corrected chi connectivity index (χ0v) is 14.6. The Hall–Kier alpha value is -1.95. The van der Waals surface area contributed by atoms with Crippen molar-refractivity contribution >= 4 is 11.8 Å². The van der Waals surface area contributed by atoms with E-state index in [1.165, 1.54) is 6.07 Å². The van der Waals surface area contributed by atoms with Crippen LogP contribution < -0.4 is 5.32 Å². The molecule has 0 spiro atoms. The fraction of sp³-hybridized carbons (Fsp3) is 0.556. The first-order valence-electron chi connectivity index (χ1n) is 8.41. The lowest BCUT2D eigenvalue weighted by Crippen LogP contribution is -2.58. The summed E-state index contributed by atoms with van der Waals surface area (Å²) in [6, 6.07) is 6.06. The summed E-state index contributed by atoms with van der Waals surface area (Å²) in [6.45, 7) is 8.36. The molecule has 1 N–H and O–H groups in total. The van der Waals surface area contributed by atoms with Gasteiger partial charge in [0.15, 0.2) is 0 Å². The molecule has 0 unspecified atom stereocenters. The molecule has 0 radical (unpaired) electrons. The molecule has 1 aromatic rings. The normalized spacial score (nSPS) is 19.0. The number of carbonyl (C=O) groups is 2. The largest absolute Gasteiger partial charge is 0.351 e. The topological polar surface area (TPSA) is 52.6 Å². The van der Waals surface area contributed by atoms with Crippen molar-refractivity contribution in [2.75, 3.05) is 26.2 Å². The van der Waals surface area contributed by atoms with Crippen LogP contribution in [-0.4, -0.2) is 53.8 Å². The average Bonchev–Trinajstić information content (AvgIpc) is 2.53. The number of nitrogens with zero attached hydrogens (tertiary/aromatic N) is 2. The summed E-state index contributed by atoms with van der Waals surface area (Å²) in [5.41, 5.74) is 0.455. The van der Waals surface area contributed by atoms with Crippen LogP contribution in [0.3, 0.4) is 0 Å². The van der Waals surface area contributed by atoms with E-state index in [1.807, 2.05) is 16.7 Å². The molecule has 1 aromatic carbocycles. The molecule has 24 heavy (non-hydrogen) atoms. The zero-order valence-electron chi connectivity index (χ0n) is 14.6. The second-order valence-corrected chi connectivity index (χ2v) is 6.69. The molecule has 1 saturated heterocycles. The fourth-order valence-electron chi connectivity index (χ4n) is 2.89. The van der Waals surface area contributed by atoms with Gasteiger partial charge in [0.1, 0.15) is 5.82 Å². The summed E-state index contributed by atoms with van der Waals surface area (Å²) in [4.78, 5) is 28.2. The Balaban J connectivity index is 1.84. The van der Waals surface area contributed by atoms with Crippen molar-refractivity contribution in [2.24, 2.45) is 5.92 Å². The van der Waals surface area contributed by atoms with E-state index in [9.17, 15) is 14.0 Å². The minimum atomic E-state index is -0.330. The van der Waals surface area contributed by atoms with Crippen LogP contribution in [0.15, 0.2) is 24.3 Å². The van der Waals surface area contributed by atoms with E-state index in [-0.39, 0.29) is 36.8 Å².